The van der Waals surface area contributed by atoms with E-state index >= 15 is 0 Å². The van der Waals surface area contributed by atoms with E-state index in [2.05, 4.69) is 13.8 Å². The molecule has 6 heteroatoms. The number of rotatable bonds is 6. The van der Waals surface area contributed by atoms with Crippen molar-refractivity contribution < 1.29 is 14.3 Å². The van der Waals surface area contributed by atoms with Crippen LogP contribution in [0.15, 0.2) is 73.1 Å². The van der Waals surface area contributed by atoms with E-state index in [1.165, 1.54) is 0 Å². The van der Waals surface area contributed by atoms with Crippen LogP contribution in [0, 0.1) is 0 Å². The second-order valence-corrected chi connectivity index (χ2v) is 8.71. The highest BCUT2D eigenvalue weighted by Gasteiger charge is 2.28. The molecule has 172 valence electrons. The van der Waals surface area contributed by atoms with Crippen LogP contribution in [0.1, 0.15) is 42.6 Å². The van der Waals surface area contributed by atoms with Gasteiger partial charge in [0.25, 0.3) is 11.8 Å². The molecule has 1 aromatic heterocycles. The molecule has 0 radical (unpaired) electrons. The van der Waals surface area contributed by atoms with Crippen LogP contribution in [-0.2, 0) is 4.79 Å². The molecule has 2 aromatic carbocycles. The molecular formula is C27H31N3O3. The van der Waals surface area contributed by atoms with E-state index in [0.717, 1.165) is 17.0 Å². The van der Waals surface area contributed by atoms with Gasteiger partial charge in [0.05, 0.1) is 0 Å². The van der Waals surface area contributed by atoms with E-state index in [1.54, 1.807) is 11.8 Å². The van der Waals surface area contributed by atoms with Crippen LogP contribution in [0.4, 0.5) is 0 Å². The van der Waals surface area contributed by atoms with Gasteiger partial charge in [-0.05, 0) is 60.9 Å². The van der Waals surface area contributed by atoms with Gasteiger partial charge in [0.15, 0.2) is 6.10 Å². The molecule has 4 rings (SSSR count). The van der Waals surface area contributed by atoms with E-state index in [4.69, 9.17) is 4.74 Å². The minimum absolute atomic E-state index is 0.00341. The van der Waals surface area contributed by atoms with E-state index in [9.17, 15) is 9.59 Å². The summed E-state index contributed by atoms with van der Waals surface area (Å²) in [5.74, 6) is 1.02. The monoisotopic (exact) mass is 445 g/mol. The van der Waals surface area contributed by atoms with Gasteiger partial charge in [-0.2, -0.15) is 0 Å². The quantitative estimate of drug-likeness (QED) is 0.567. The fourth-order valence-electron chi connectivity index (χ4n) is 4.16. The number of benzene rings is 2. The number of hydrogen-bond donors (Lipinski definition) is 0. The Bertz CT molecular complexity index is 1080. The average Bonchev–Trinajstić information content (AvgIpc) is 3.38. The minimum Gasteiger partial charge on any atom is -0.481 e. The molecule has 2 amide bonds. The number of carbonyl (C=O) groups excluding carboxylic acids is 2. The largest absolute Gasteiger partial charge is 0.481 e. The number of amides is 2. The van der Waals surface area contributed by atoms with Gasteiger partial charge in [0, 0.05) is 49.8 Å². The Labute approximate surface area is 195 Å². The number of hydrogen-bond acceptors (Lipinski definition) is 3. The molecular weight excluding hydrogens is 414 g/mol. The first kappa shape index (κ1) is 22.6. The SMILES string of the molecule is CC(Oc1ccccc1C(C)C)C(=O)N1CCN(C(=O)c2ccc(-n3cccc3)cc2)CC1. The zero-order chi connectivity index (χ0) is 23.4. The summed E-state index contributed by atoms with van der Waals surface area (Å²) in [5.41, 5.74) is 2.77. The van der Waals surface area contributed by atoms with Gasteiger partial charge in [0.1, 0.15) is 5.75 Å². The Morgan fingerprint density at radius 1 is 0.788 bits per heavy atom. The summed E-state index contributed by atoms with van der Waals surface area (Å²) in [7, 11) is 0. The highest BCUT2D eigenvalue weighted by molar-refractivity contribution is 5.94. The summed E-state index contributed by atoms with van der Waals surface area (Å²) in [4.78, 5) is 29.5. The van der Waals surface area contributed by atoms with Gasteiger partial charge in [0.2, 0.25) is 0 Å². The predicted molar refractivity (Wildman–Crippen MR) is 129 cm³/mol. The van der Waals surface area contributed by atoms with Crippen molar-refractivity contribution in [1.82, 2.24) is 14.4 Å². The molecule has 2 heterocycles. The van der Waals surface area contributed by atoms with Crippen molar-refractivity contribution >= 4 is 11.8 Å². The molecule has 0 bridgehead atoms. The van der Waals surface area contributed by atoms with Gasteiger partial charge < -0.3 is 19.1 Å². The molecule has 0 aliphatic carbocycles. The number of nitrogens with zero attached hydrogens (tertiary/aromatic N) is 3. The van der Waals surface area contributed by atoms with Crippen LogP contribution >= 0.6 is 0 Å². The van der Waals surface area contributed by atoms with Crippen molar-refractivity contribution in [3.63, 3.8) is 0 Å². The van der Waals surface area contributed by atoms with Crippen molar-refractivity contribution in [2.45, 2.75) is 32.8 Å². The normalized spacial score (nSPS) is 14.9. The zero-order valence-corrected chi connectivity index (χ0v) is 19.5. The smallest absolute Gasteiger partial charge is 0.263 e. The van der Waals surface area contributed by atoms with Gasteiger partial charge in [-0.1, -0.05) is 32.0 Å². The maximum Gasteiger partial charge on any atom is 0.263 e. The number of carbonyl (C=O) groups is 2. The van der Waals surface area contributed by atoms with Crippen molar-refractivity contribution in [3.05, 3.63) is 84.2 Å². The highest BCUT2D eigenvalue weighted by Crippen LogP contribution is 2.27. The zero-order valence-electron chi connectivity index (χ0n) is 19.5. The molecule has 0 N–H and O–H groups in total. The molecule has 6 nitrogen and oxygen atoms in total. The predicted octanol–water partition coefficient (Wildman–Crippen LogP) is 4.35. The van der Waals surface area contributed by atoms with E-state index in [1.807, 2.05) is 82.5 Å². The molecule has 1 atom stereocenters. The topological polar surface area (TPSA) is 54.8 Å². The second-order valence-electron chi connectivity index (χ2n) is 8.71. The maximum absolute atomic E-state index is 13.0. The third-order valence-corrected chi connectivity index (χ3v) is 6.09. The average molecular weight is 446 g/mol. The van der Waals surface area contributed by atoms with E-state index in [-0.39, 0.29) is 11.8 Å². The Kier molecular flexibility index (Phi) is 6.82. The van der Waals surface area contributed by atoms with Crippen LogP contribution in [0.3, 0.4) is 0 Å². The van der Waals surface area contributed by atoms with Crippen LogP contribution in [0.5, 0.6) is 5.75 Å². The summed E-state index contributed by atoms with van der Waals surface area (Å²) in [6.07, 6.45) is 3.37. The molecule has 3 aromatic rings. The molecule has 1 unspecified atom stereocenters. The van der Waals surface area contributed by atoms with Gasteiger partial charge in [-0.15, -0.1) is 0 Å². The third kappa shape index (κ3) is 5.11. The lowest BCUT2D eigenvalue weighted by Gasteiger charge is -2.36. The second kappa shape index (κ2) is 9.94. The maximum atomic E-state index is 13.0. The Morgan fingerprint density at radius 2 is 1.39 bits per heavy atom. The summed E-state index contributed by atoms with van der Waals surface area (Å²) < 4.78 is 8.03. The minimum atomic E-state index is -0.576. The number of piperazine rings is 1. The summed E-state index contributed by atoms with van der Waals surface area (Å²) in [5, 5.41) is 0. The third-order valence-electron chi connectivity index (χ3n) is 6.09. The van der Waals surface area contributed by atoms with E-state index < -0.39 is 6.10 Å². The van der Waals surface area contributed by atoms with Crippen molar-refractivity contribution in [1.29, 1.82) is 0 Å². The number of para-hydroxylation sites is 1. The Balaban J connectivity index is 1.32. The van der Waals surface area contributed by atoms with Crippen LogP contribution in [0.25, 0.3) is 5.69 Å². The lowest BCUT2D eigenvalue weighted by atomic mass is 10.0. The van der Waals surface area contributed by atoms with Crippen LogP contribution in [-0.4, -0.2) is 58.5 Å². The van der Waals surface area contributed by atoms with Crippen molar-refractivity contribution in [3.8, 4) is 11.4 Å². The lowest BCUT2D eigenvalue weighted by molar-refractivity contribution is -0.139. The Morgan fingerprint density at radius 3 is 2.03 bits per heavy atom. The lowest BCUT2D eigenvalue weighted by Crippen LogP contribution is -2.53. The molecule has 1 aliphatic rings. The van der Waals surface area contributed by atoms with Crippen LogP contribution in [0.2, 0.25) is 0 Å². The molecule has 33 heavy (non-hydrogen) atoms. The summed E-state index contributed by atoms with van der Waals surface area (Å²) in [6, 6.07) is 19.4. The highest BCUT2D eigenvalue weighted by atomic mass is 16.5. The fourth-order valence-corrected chi connectivity index (χ4v) is 4.16. The van der Waals surface area contributed by atoms with E-state index in [0.29, 0.717) is 37.7 Å². The van der Waals surface area contributed by atoms with Gasteiger partial charge in [-0.3, -0.25) is 9.59 Å². The van der Waals surface area contributed by atoms with Gasteiger partial charge in [-0.25, -0.2) is 0 Å². The molecule has 1 saturated heterocycles. The van der Waals surface area contributed by atoms with Crippen molar-refractivity contribution in [2.75, 3.05) is 26.2 Å². The number of aromatic nitrogens is 1. The number of ether oxygens (including phenoxy) is 1. The summed E-state index contributed by atoms with van der Waals surface area (Å²) in [6.45, 7) is 8.05. The molecule has 1 aliphatic heterocycles. The Hall–Kier alpha value is -3.54. The molecule has 1 fully saturated rings. The standard InChI is InChI=1S/C27H31N3O3/c1-20(2)24-8-4-5-9-25(24)33-21(3)26(31)29-16-18-30(19-17-29)27(32)22-10-12-23(13-11-22)28-14-6-7-15-28/h4-15,20-21H,16-19H2,1-3H3. The first-order valence-corrected chi connectivity index (χ1v) is 11.5. The first-order valence-electron chi connectivity index (χ1n) is 11.5. The van der Waals surface area contributed by atoms with Crippen molar-refractivity contribution in [2.24, 2.45) is 0 Å². The van der Waals surface area contributed by atoms with Crippen LogP contribution < -0.4 is 4.74 Å². The van der Waals surface area contributed by atoms with Gasteiger partial charge >= 0.3 is 0 Å². The first-order chi connectivity index (χ1) is 15.9. The molecule has 0 spiro atoms. The fraction of sp³-hybridized carbons (Fsp3) is 0.333. The summed E-state index contributed by atoms with van der Waals surface area (Å²) >= 11 is 0. The molecule has 0 saturated carbocycles.